The summed E-state index contributed by atoms with van der Waals surface area (Å²) in [5.41, 5.74) is 1.07. The summed E-state index contributed by atoms with van der Waals surface area (Å²) in [4.78, 5) is 27.7. The minimum atomic E-state index is -3.64. The third-order valence-corrected chi connectivity index (χ3v) is 7.67. The molecule has 2 amide bonds. The van der Waals surface area contributed by atoms with E-state index in [1.807, 2.05) is 13.8 Å². The second kappa shape index (κ2) is 12.7. The summed E-state index contributed by atoms with van der Waals surface area (Å²) in [5.74, 6) is 0.450. The maximum Gasteiger partial charge on any atom is 0.242 e. The molecule has 202 valence electrons. The number of halogens is 2. The van der Waals surface area contributed by atoms with Crippen molar-refractivity contribution < 1.29 is 27.5 Å². The molecule has 1 atom stereocenters. The van der Waals surface area contributed by atoms with Crippen molar-refractivity contribution in [1.82, 2.24) is 10.2 Å². The van der Waals surface area contributed by atoms with Crippen molar-refractivity contribution in [3.8, 4) is 11.5 Å². The largest absolute Gasteiger partial charge is 0.454 e. The molecule has 1 N–H and O–H groups in total. The van der Waals surface area contributed by atoms with Crippen LogP contribution in [0.5, 0.6) is 11.5 Å². The molecule has 3 rings (SSSR count). The Morgan fingerprint density at radius 1 is 1.08 bits per heavy atom. The highest BCUT2D eigenvalue weighted by molar-refractivity contribution is 7.92. The zero-order valence-electron chi connectivity index (χ0n) is 21.0. The molecule has 2 aromatic rings. The van der Waals surface area contributed by atoms with E-state index in [1.165, 1.54) is 9.21 Å². The van der Waals surface area contributed by atoms with Gasteiger partial charge in [0, 0.05) is 42.2 Å². The summed E-state index contributed by atoms with van der Waals surface area (Å²) in [5, 5.41) is 3.64. The van der Waals surface area contributed by atoms with Gasteiger partial charge in [0.1, 0.15) is 6.04 Å². The molecule has 0 radical (unpaired) electrons. The summed E-state index contributed by atoms with van der Waals surface area (Å²) in [6.45, 7) is 4.32. The molecule has 1 aliphatic heterocycles. The van der Waals surface area contributed by atoms with Crippen molar-refractivity contribution >= 4 is 50.7 Å². The predicted molar refractivity (Wildman–Crippen MR) is 144 cm³/mol. The average molecular weight is 573 g/mol. The van der Waals surface area contributed by atoms with E-state index >= 15 is 0 Å². The van der Waals surface area contributed by atoms with Gasteiger partial charge in [0.25, 0.3) is 0 Å². The molecule has 0 fully saturated rings. The smallest absolute Gasteiger partial charge is 0.242 e. The molecule has 0 saturated carbocycles. The number of benzene rings is 2. The lowest BCUT2D eigenvalue weighted by atomic mass is 10.1. The van der Waals surface area contributed by atoms with E-state index in [-0.39, 0.29) is 44.5 Å². The molecular weight excluding hydrogens is 541 g/mol. The second-order valence-corrected chi connectivity index (χ2v) is 11.3. The Balaban J connectivity index is 1.78. The highest BCUT2D eigenvalue weighted by Gasteiger charge is 2.29. The van der Waals surface area contributed by atoms with Crippen molar-refractivity contribution in [2.45, 2.75) is 45.7 Å². The Labute approximate surface area is 227 Å². The number of anilines is 1. The van der Waals surface area contributed by atoms with Crippen LogP contribution in [-0.2, 0) is 26.2 Å². The number of sulfonamides is 1. The Hall–Kier alpha value is -2.69. The lowest BCUT2D eigenvalue weighted by molar-refractivity contribution is -0.141. The SMILES string of the molecule is CCNC(=O)[C@H](CC)N(Cc1ccc(Cl)cc1Cl)C(=O)CCCN(c1ccc2c(c1)OCO2)S(C)(=O)=O. The first-order valence-corrected chi connectivity index (χ1v) is 14.5. The first-order valence-electron chi connectivity index (χ1n) is 11.9. The van der Waals surface area contributed by atoms with E-state index in [9.17, 15) is 18.0 Å². The standard InChI is InChI=1S/C25H31Cl2N3O6S/c1-4-21(25(32)28-5-2)29(15-17-8-9-18(26)13-20(17)27)24(31)7-6-12-30(37(3,33)34)19-10-11-22-23(14-19)36-16-35-22/h8-11,13-14,21H,4-7,12,15-16H2,1-3H3,(H,28,32)/t21-/m0/s1. The molecule has 2 aromatic carbocycles. The van der Waals surface area contributed by atoms with Crippen molar-refractivity contribution in [1.29, 1.82) is 0 Å². The molecule has 12 heteroatoms. The number of likely N-dealkylation sites (N-methyl/N-ethyl adjacent to an activating group) is 1. The number of nitrogens with zero attached hydrogens (tertiary/aromatic N) is 2. The highest BCUT2D eigenvalue weighted by Crippen LogP contribution is 2.36. The van der Waals surface area contributed by atoms with Crippen LogP contribution in [0.15, 0.2) is 36.4 Å². The maximum atomic E-state index is 13.4. The third kappa shape index (κ3) is 7.43. The fraction of sp³-hybridized carbons (Fsp3) is 0.440. The van der Waals surface area contributed by atoms with Gasteiger partial charge in [-0.05, 0) is 49.6 Å². The fourth-order valence-corrected chi connectivity index (χ4v) is 5.51. The van der Waals surface area contributed by atoms with Crippen LogP contribution in [0.25, 0.3) is 0 Å². The van der Waals surface area contributed by atoms with E-state index < -0.39 is 16.1 Å². The lowest BCUT2D eigenvalue weighted by Crippen LogP contribution is -2.49. The van der Waals surface area contributed by atoms with Gasteiger partial charge >= 0.3 is 0 Å². The zero-order chi connectivity index (χ0) is 27.2. The number of amides is 2. The van der Waals surface area contributed by atoms with E-state index in [0.29, 0.717) is 45.8 Å². The van der Waals surface area contributed by atoms with Gasteiger partial charge < -0.3 is 19.7 Å². The van der Waals surface area contributed by atoms with Crippen LogP contribution < -0.4 is 19.1 Å². The Morgan fingerprint density at radius 2 is 1.81 bits per heavy atom. The summed E-state index contributed by atoms with van der Waals surface area (Å²) < 4.78 is 37.0. The normalized spacial score (nSPS) is 13.2. The van der Waals surface area contributed by atoms with Gasteiger partial charge in [-0.2, -0.15) is 0 Å². The molecule has 1 heterocycles. The van der Waals surface area contributed by atoms with E-state index in [0.717, 1.165) is 6.26 Å². The van der Waals surface area contributed by atoms with Gasteiger partial charge in [-0.25, -0.2) is 8.42 Å². The predicted octanol–water partition coefficient (Wildman–Crippen LogP) is 4.21. The summed E-state index contributed by atoms with van der Waals surface area (Å²) in [6, 6.07) is 9.16. The third-order valence-electron chi connectivity index (χ3n) is 5.89. The van der Waals surface area contributed by atoms with Crippen molar-refractivity contribution in [3.63, 3.8) is 0 Å². The fourth-order valence-electron chi connectivity index (χ4n) is 4.09. The molecule has 0 unspecified atom stereocenters. The van der Waals surface area contributed by atoms with E-state index in [4.69, 9.17) is 32.7 Å². The highest BCUT2D eigenvalue weighted by atomic mass is 35.5. The van der Waals surface area contributed by atoms with Gasteiger partial charge in [-0.3, -0.25) is 13.9 Å². The molecule has 0 spiro atoms. The zero-order valence-corrected chi connectivity index (χ0v) is 23.3. The minimum absolute atomic E-state index is 0.0255. The quantitative estimate of drug-likeness (QED) is 0.409. The Morgan fingerprint density at radius 3 is 2.46 bits per heavy atom. The lowest BCUT2D eigenvalue weighted by Gasteiger charge is -2.31. The minimum Gasteiger partial charge on any atom is -0.454 e. The number of nitrogens with one attached hydrogen (secondary N) is 1. The van der Waals surface area contributed by atoms with Gasteiger partial charge in [0.05, 0.1) is 11.9 Å². The van der Waals surface area contributed by atoms with Gasteiger partial charge in [-0.1, -0.05) is 36.2 Å². The van der Waals surface area contributed by atoms with Crippen LogP contribution in [0.2, 0.25) is 10.0 Å². The topological polar surface area (TPSA) is 105 Å². The average Bonchev–Trinajstić information content (AvgIpc) is 3.30. The number of hydrogen-bond donors (Lipinski definition) is 1. The maximum absolute atomic E-state index is 13.4. The second-order valence-electron chi connectivity index (χ2n) is 8.55. The molecule has 0 aromatic heterocycles. The van der Waals surface area contributed by atoms with Crippen LogP contribution in [0.3, 0.4) is 0 Å². The van der Waals surface area contributed by atoms with E-state index in [1.54, 1.807) is 36.4 Å². The molecule has 0 saturated heterocycles. The van der Waals surface area contributed by atoms with Crippen molar-refractivity contribution in [2.24, 2.45) is 0 Å². The molecular formula is C25H31Cl2N3O6S. The number of carbonyl (C=O) groups excluding carboxylic acids is 2. The van der Waals surface area contributed by atoms with Crippen LogP contribution >= 0.6 is 23.2 Å². The van der Waals surface area contributed by atoms with Crippen molar-refractivity contribution in [2.75, 3.05) is 30.4 Å². The monoisotopic (exact) mass is 571 g/mol. The van der Waals surface area contributed by atoms with Crippen molar-refractivity contribution in [3.05, 3.63) is 52.0 Å². The van der Waals surface area contributed by atoms with Gasteiger partial charge in [0.2, 0.25) is 28.6 Å². The van der Waals surface area contributed by atoms with Gasteiger partial charge in [0.15, 0.2) is 11.5 Å². The summed E-state index contributed by atoms with van der Waals surface area (Å²) in [7, 11) is -3.64. The Kier molecular flexibility index (Phi) is 9.92. The van der Waals surface area contributed by atoms with E-state index in [2.05, 4.69) is 5.32 Å². The molecule has 0 aliphatic carbocycles. The van der Waals surface area contributed by atoms with Crippen LogP contribution in [0.4, 0.5) is 5.69 Å². The number of fused-ring (bicyclic) bond motifs is 1. The molecule has 9 nitrogen and oxygen atoms in total. The number of rotatable bonds is 12. The molecule has 0 bridgehead atoms. The first-order chi connectivity index (χ1) is 17.5. The summed E-state index contributed by atoms with van der Waals surface area (Å²) >= 11 is 12.4. The van der Waals surface area contributed by atoms with Gasteiger partial charge in [-0.15, -0.1) is 0 Å². The van der Waals surface area contributed by atoms with Crippen LogP contribution in [0, 0.1) is 0 Å². The molecule has 37 heavy (non-hydrogen) atoms. The van der Waals surface area contributed by atoms with Crippen LogP contribution in [0.1, 0.15) is 38.7 Å². The summed E-state index contributed by atoms with van der Waals surface area (Å²) in [6.07, 6.45) is 1.76. The first kappa shape index (κ1) is 28.9. The number of carbonyl (C=O) groups is 2. The van der Waals surface area contributed by atoms with Crippen LogP contribution in [-0.4, -0.2) is 57.3 Å². The number of ether oxygens (including phenoxy) is 2. The number of hydrogen-bond acceptors (Lipinski definition) is 6. The Bertz CT molecular complexity index is 1240. The molecule has 1 aliphatic rings.